The second kappa shape index (κ2) is 4.23. The highest BCUT2D eigenvalue weighted by Gasteiger charge is 2.20. The fraction of sp³-hybridized carbons (Fsp3) is 0.333. The molecule has 88 valence electrons. The second-order valence-corrected chi connectivity index (χ2v) is 5.13. The minimum absolute atomic E-state index is 0.894. The van der Waals surface area contributed by atoms with E-state index in [9.17, 15) is 0 Å². The quantitative estimate of drug-likeness (QED) is 0.873. The third kappa shape index (κ3) is 1.89. The molecule has 0 unspecified atom stereocenters. The minimum Gasteiger partial charge on any atom is -0.312 e. The van der Waals surface area contributed by atoms with Gasteiger partial charge in [-0.3, -0.25) is 9.67 Å². The molecule has 1 N–H and O–H groups in total. The van der Waals surface area contributed by atoms with Crippen molar-refractivity contribution < 1.29 is 0 Å². The number of fused-ring (bicyclic) bond motifs is 1. The Balaban J connectivity index is 2.15. The number of aromatic nitrogens is 3. The van der Waals surface area contributed by atoms with E-state index in [4.69, 9.17) is 0 Å². The van der Waals surface area contributed by atoms with Gasteiger partial charge in [0, 0.05) is 60.2 Å². The summed E-state index contributed by atoms with van der Waals surface area (Å²) in [6, 6.07) is 2.06. The molecule has 0 fully saturated rings. The lowest BCUT2D eigenvalue weighted by Crippen LogP contribution is -2.24. The van der Waals surface area contributed by atoms with Crippen LogP contribution in [0.5, 0.6) is 0 Å². The lowest BCUT2D eigenvalue weighted by Gasteiger charge is -2.14. The molecular weight excluding hydrogens is 280 g/mol. The van der Waals surface area contributed by atoms with Gasteiger partial charge >= 0.3 is 0 Å². The van der Waals surface area contributed by atoms with Crippen LogP contribution in [-0.4, -0.2) is 21.3 Å². The highest BCUT2D eigenvalue weighted by molar-refractivity contribution is 9.10. The molecule has 5 heteroatoms. The monoisotopic (exact) mass is 292 g/mol. The maximum absolute atomic E-state index is 4.62. The van der Waals surface area contributed by atoms with Crippen molar-refractivity contribution in [2.45, 2.75) is 13.0 Å². The van der Waals surface area contributed by atoms with Crippen LogP contribution >= 0.6 is 15.9 Å². The van der Waals surface area contributed by atoms with Gasteiger partial charge in [-0.1, -0.05) is 0 Å². The van der Waals surface area contributed by atoms with E-state index in [1.807, 2.05) is 17.9 Å². The van der Waals surface area contributed by atoms with Crippen LogP contribution in [0.2, 0.25) is 0 Å². The summed E-state index contributed by atoms with van der Waals surface area (Å²) >= 11 is 3.45. The van der Waals surface area contributed by atoms with Crippen molar-refractivity contribution in [3.8, 4) is 11.3 Å². The highest BCUT2D eigenvalue weighted by Crippen LogP contribution is 2.28. The van der Waals surface area contributed by atoms with Crippen molar-refractivity contribution in [1.82, 2.24) is 20.1 Å². The number of nitrogens with one attached hydrogen (secondary N) is 1. The Morgan fingerprint density at radius 2 is 2.29 bits per heavy atom. The van der Waals surface area contributed by atoms with Gasteiger partial charge in [-0.25, -0.2) is 0 Å². The zero-order valence-corrected chi connectivity index (χ0v) is 11.2. The van der Waals surface area contributed by atoms with Gasteiger partial charge in [0.15, 0.2) is 0 Å². The Morgan fingerprint density at radius 3 is 3.12 bits per heavy atom. The van der Waals surface area contributed by atoms with E-state index in [0.29, 0.717) is 0 Å². The fourth-order valence-electron chi connectivity index (χ4n) is 2.29. The first-order valence-electron chi connectivity index (χ1n) is 5.62. The Bertz CT molecular complexity index is 562. The molecule has 0 amide bonds. The summed E-state index contributed by atoms with van der Waals surface area (Å²) in [7, 11) is 2.01. The predicted molar refractivity (Wildman–Crippen MR) is 69.5 cm³/mol. The summed E-state index contributed by atoms with van der Waals surface area (Å²) in [6.07, 6.45) is 4.69. The van der Waals surface area contributed by atoms with Gasteiger partial charge in [-0.2, -0.15) is 5.10 Å². The maximum atomic E-state index is 4.62. The first kappa shape index (κ1) is 10.9. The van der Waals surface area contributed by atoms with Crippen LogP contribution < -0.4 is 5.32 Å². The molecule has 0 radical (unpaired) electrons. The SMILES string of the molecule is Cn1nc(-c2cncc(Br)c2)c2c1CCNC2. The molecule has 3 heterocycles. The highest BCUT2D eigenvalue weighted by atomic mass is 79.9. The van der Waals surface area contributed by atoms with Gasteiger partial charge in [-0.05, 0) is 22.0 Å². The van der Waals surface area contributed by atoms with E-state index in [2.05, 4.69) is 37.4 Å². The molecule has 0 spiro atoms. The first-order valence-corrected chi connectivity index (χ1v) is 6.41. The number of hydrogen-bond acceptors (Lipinski definition) is 3. The molecule has 0 saturated carbocycles. The van der Waals surface area contributed by atoms with Gasteiger partial charge in [0.25, 0.3) is 0 Å². The van der Waals surface area contributed by atoms with Gasteiger partial charge < -0.3 is 5.32 Å². The van der Waals surface area contributed by atoms with E-state index in [-0.39, 0.29) is 0 Å². The van der Waals surface area contributed by atoms with Crippen LogP contribution in [0, 0.1) is 0 Å². The molecule has 2 aromatic rings. The van der Waals surface area contributed by atoms with Crippen molar-refractivity contribution in [2.24, 2.45) is 7.05 Å². The molecule has 4 nitrogen and oxygen atoms in total. The van der Waals surface area contributed by atoms with Crippen LogP contribution in [0.25, 0.3) is 11.3 Å². The maximum Gasteiger partial charge on any atom is 0.0986 e. The smallest absolute Gasteiger partial charge is 0.0986 e. The zero-order valence-electron chi connectivity index (χ0n) is 9.57. The van der Waals surface area contributed by atoms with Crippen molar-refractivity contribution in [1.29, 1.82) is 0 Å². The van der Waals surface area contributed by atoms with Crippen LogP contribution in [0.4, 0.5) is 0 Å². The van der Waals surface area contributed by atoms with E-state index < -0.39 is 0 Å². The van der Waals surface area contributed by atoms with E-state index in [0.717, 1.165) is 35.2 Å². The molecule has 3 rings (SSSR count). The molecule has 0 aromatic carbocycles. The van der Waals surface area contributed by atoms with E-state index in [1.54, 1.807) is 6.20 Å². The molecule has 1 aliphatic rings. The summed E-state index contributed by atoms with van der Waals surface area (Å²) < 4.78 is 2.98. The normalized spacial score (nSPS) is 14.7. The summed E-state index contributed by atoms with van der Waals surface area (Å²) in [4.78, 5) is 4.20. The standard InChI is InChI=1S/C12H13BrN4/c1-17-11-2-3-14-7-10(11)12(16-17)8-4-9(13)6-15-5-8/h4-6,14H,2-3,7H2,1H3. The van der Waals surface area contributed by atoms with Gasteiger partial charge in [0.2, 0.25) is 0 Å². The van der Waals surface area contributed by atoms with Crippen molar-refractivity contribution in [3.05, 3.63) is 34.2 Å². The second-order valence-electron chi connectivity index (χ2n) is 4.22. The molecule has 2 aromatic heterocycles. The minimum atomic E-state index is 0.894. The Labute approximate surface area is 108 Å². The van der Waals surface area contributed by atoms with Gasteiger partial charge in [0.1, 0.15) is 0 Å². The number of pyridine rings is 1. The lowest BCUT2D eigenvalue weighted by atomic mass is 10.0. The molecule has 0 bridgehead atoms. The third-order valence-corrected chi connectivity index (χ3v) is 3.53. The van der Waals surface area contributed by atoms with Gasteiger partial charge in [0.05, 0.1) is 5.69 Å². The van der Waals surface area contributed by atoms with Crippen molar-refractivity contribution in [3.63, 3.8) is 0 Å². The van der Waals surface area contributed by atoms with E-state index in [1.165, 1.54) is 11.3 Å². The summed E-state index contributed by atoms with van der Waals surface area (Å²) in [6.45, 7) is 1.92. The number of nitrogens with zero attached hydrogens (tertiary/aromatic N) is 3. The zero-order chi connectivity index (χ0) is 11.8. The molecule has 0 atom stereocenters. The number of hydrogen-bond donors (Lipinski definition) is 1. The van der Waals surface area contributed by atoms with Crippen LogP contribution in [-0.2, 0) is 20.0 Å². The van der Waals surface area contributed by atoms with E-state index >= 15 is 0 Å². The van der Waals surface area contributed by atoms with Crippen LogP contribution in [0.3, 0.4) is 0 Å². The Morgan fingerprint density at radius 1 is 1.41 bits per heavy atom. The summed E-state index contributed by atoms with van der Waals surface area (Å²) in [5, 5.41) is 8.01. The molecule has 0 aliphatic carbocycles. The van der Waals surface area contributed by atoms with Crippen molar-refractivity contribution in [2.75, 3.05) is 6.54 Å². The molecular formula is C12H13BrN4. The first-order chi connectivity index (χ1) is 8.25. The lowest BCUT2D eigenvalue weighted by molar-refractivity contribution is 0.604. The van der Waals surface area contributed by atoms with Crippen LogP contribution in [0.1, 0.15) is 11.3 Å². The summed E-state index contributed by atoms with van der Waals surface area (Å²) in [5.41, 5.74) is 4.75. The third-order valence-electron chi connectivity index (χ3n) is 3.09. The topological polar surface area (TPSA) is 42.7 Å². The average molecular weight is 293 g/mol. The Kier molecular flexibility index (Phi) is 2.72. The Hall–Kier alpha value is -1.20. The predicted octanol–water partition coefficient (Wildman–Crippen LogP) is 1.89. The fourth-order valence-corrected chi connectivity index (χ4v) is 2.66. The average Bonchev–Trinajstić information content (AvgIpc) is 2.68. The molecule has 1 aliphatic heterocycles. The molecule has 17 heavy (non-hydrogen) atoms. The van der Waals surface area contributed by atoms with Gasteiger partial charge in [-0.15, -0.1) is 0 Å². The van der Waals surface area contributed by atoms with Crippen molar-refractivity contribution >= 4 is 15.9 Å². The molecule has 0 saturated heterocycles. The largest absolute Gasteiger partial charge is 0.312 e. The summed E-state index contributed by atoms with van der Waals surface area (Å²) in [5.74, 6) is 0. The van der Waals surface area contributed by atoms with Crippen LogP contribution in [0.15, 0.2) is 22.9 Å². The number of rotatable bonds is 1. The number of halogens is 1. The number of aryl methyl sites for hydroxylation is 1.